The van der Waals surface area contributed by atoms with Crippen molar-refractivity contribution in [2.45, 2.75) is 24.9 Å². The van der Waals surface area contributed by atoms with Crippen LogP contribution in [0.3, 0.4) is 0 Å². The Bertz CT molecular complexity index is 1040. The van der Waals surface area contributed by atoms with Gasteiger partial charge in [0.05, 0.1) is 5.56 Å². The van der Waals surface area contributed by atoms with Gasteiger partial charge in [-0.15, -0.1) is 0 Å². The summed E-state index contributed by atoms with van der Waals surface area (Å²) >= 11 is 0. The molecule has 2 unspecified atom stereocenters. The van der Waals surface area contributed by atoms with E-state index in [1.165, 1.54) is 12.1 Å². The summed E-state index contributed by atoms with van der Waals surface area (Å²) in [7, 11) is 0. The van der Waals surface area contributed by atoms with E-state index in [1.54, 1.807) is 0 Å². The number of phenols is 1. The number of amides is 1. The van der Waals surface area contributed by atoms with Crippen LogP contribution in [0.15, 0.2) is 34.8 Å². The van der Waals surface area contributed by atoms with E-state index in [2.05, 4.69) is 0 Å². The molecule has 3 aliphatic rings. The molecular weight excluding hydrogens is 368 g/mol. The van der Waals surface area contributed by atoms with Crippen LogP contribution in [-0.2, 0) is 16.0 Å². The number of anilines is 1. The fourth-order valence-electron chi connectivity index (χ4n) is 4.64. The van der Waals surface area contributed by atoms with Gasteiger partial charge in [0.1, 0.15) is 22.8 Å². The van der Waals surface area contributed by atoms with Crippen LogP contribution in [0.4, 0.5) is 5.69 Å². The maximum Gasteiger partial charge on any atom is 0.255 e. The van der Waals surface area contributed by atoms with Crippen molar-refractivity contribution in [3.8, 4) is 5.75 Å². The van der Waals surface area contributed by atoms with Gasteiger partial charge in [-0.25, -0.2) is 0 Å². The van der Waals surface area contributed by atoms with Crippen LogP contribution < -0.4 is 11.5 Å². The molecule has 0 fully saturated rings. The van der Waals surface area contributed by atoms with E-state index in [0.29, 0.717) is 11.3 Å². The number of nitrogens with two attached hydrogens (primary N) is 2. The minimum atomic E-state index is -2.55. The van der Waals surface area contributed by atoms with Gasteiger partial charge in [0.15, 0.2) is 11.4 Å². The Morgan fingerprint density at radius 3 is 2.46 bits per heavy atom. The zero-order chi connectivity index (χ0) is 20.5. The molecule has 9 heteroatoms. The molecule has 8 N–H and O–H groups in total. The summed E-state index contributed by atoms with van der Waals surface area (Å²) in [4.78, 5) is 37.3. The number of hydrogen-bond donors (Lipinski definition) is 6. The summed E-state index contributed by atoms with van der Waals surface area (Å²) in [5, 5.41) is 42.0. The molecule has 1 aromatic rings. The van der Waals surface area contributed by atoms with Gasteiger partial charge in [-0.05, 0) is 36.5 Å². The predicted octanol–water partition coefficient (Wildman–Crippen LogP) is 0.163. The van der Waals surface area contributed by atoms with Crippen molar-refractivity contribution in [3.63, 3.8) is 0 Å². The SMILES string of the molecule is NC(=O)C1=C(O)CC2CC3Cc4c(N)ccc(O)c4C(=O)C3=C(O)[C@]2(O)C1=O. The number of benzene rings is 1. The van der Waals surface area contributed by atoms with Gasteiger partial charge in [0.2, 0.25) is 5.78 Å². The minimum Gasteiger partial charge on any atom is -0.511 e. The van der Waals surface area contributed by atoms with Gasteiger partial charge in [-0.2, -0.15) is 0 Å². The Morgan fingerprint density at radius 2 is 1.82 bits per heavy atom. The van der Waals surface area contributed by atoms with Gasteiger partial charge in [-0.3, -0.25) is 14.4 Å². The molecule has 3 aliphatic carbocycles. The number of aromatic hydroxyl groups is 1. The first kappa shape index (κ1) is 18.1. The standard InChI is InChI=1S/C19H18N2O7/c20-9-1-2-10(22)13-8(9)4-6-3-7-5-11(23)14(18(21)27)17(26)19(7,28)16(25)12(6)15(13)24/h1-2,6-7,22-23,25,28H,3-5,20H2,(H2,21,27)/t6?,7?,19-/m0/s1. The Balaban J connectivity index is 1.93. The maximum atomic E-state index is 13.0. The van der Waals surface area contributed by atoms with Crippen molar-refractivity contribution in [1.29, 1.82) is 0 Å². The Kier molecular flexibility index (Phi) is 3.60. The highest BCUT2D eigenvalue weighted by atomic mass is 16.3. The number of allylic oxidation sites excluding steroid dienone is 2. The van der Waals surface area contributed by atoms with Gasteiger partial charge in [-0.1, -0.05) is 0 Å². The summed E-state index contributed by atoms with van der Waals surface area (Å²) in [6.45, 7) is 0. The average molecular weight is 386 g/mol. The zero-order valence-electron chi connectivity index (χ0n) is 14.6. The fraction of sp³-hybridized carbons (Fsp3) is 0.316. The highest BCUT2D eigenvalue weighted by Crippen LogP contribution is 2.51. The third kappa shape index (κ3) is 2.07. The van der Waals surface area contributed by atoms with Crippen LogP contribution in [0.2, 0.25) is 0 Å². The molecule has 0 heterocycles. The van der Waals surface area contributed by atoms with E-state index in [9.17, 15) is 34.8 Å². The second-order valence-electron chi connectivity index (χ2n) is 7.44. The summed E-state index contributed by atoms with van der Waals surface area (Å²) < 4.78 is 0. The lowest BCUT2D eigenvalue weighted by molar-refractivity contribution is -0.144. The number of ketones is 2. The molecule has 1 aromatic carbocycles. The van der Waals surface area contributed by atoms with Crippen molar-refractivity contribution in [1.82, 2.24) is 0 Å². The van der Waals surface area contributed by atoms with Crippen LogP contribution in [-0.4, -0.2) is 43.5 Å². The van der Waals surface area contributed by atoms with Crippen LogP contribution in [0.5, 0.6) is 5.75 Å². The van der Waals surface area contributed by atoms with Crippen molar-refractivity contribution < 1.29 is 34.8 Å². The molecule has 0 radical (unpaired) electrons. The second-order valence-corrected chi connectivity index (χ2v) is 7.44. The van der Waals surface area contributed by atoms with Crippen LogP contribution in [0, 0.1) is 11.8 Å². The van der Waals surface area contributed by atoms with Gasteiger partial charge in [0.25, 0.3) is 5.91 Å². The second kappa shape index (κ2) is 5.59. The molecule has 0 spiro atoms. The van der Waals surface area contributed by atoms with Crippen molar-refractivity contribution in [2.75, 3.05) is 5.73 Å². The molecule has 0 bridgehead atoms. The van der Waals surface area contributed by atoms with E-state index in [1.807, 2.05) is 0 Å². The maximum absolute atomic E-state index is 13.0. The number of nitrogen functional groups attached to an aromatic ring is 1. The van der Waals surface area contributed by atoms with Crippen molar-refractivity contribution in [2.24, 2.45) is 17.6 Å². The number of rotatable bonds is 1. The minimum absolute atomic E-state index is 0.0814. The number of Topliss-reactive ketones (excluding diaryl/α,β-unsaturated/α-hetero) is 2. The molecular formula is C19H18N2O7. The number of hydrogen-bond acceptors (Lipinski definition) is 8. The summed E-state index contributed by atoms with van der Waals surface area (Å²) in [6, 6.07) is 2.72. The first-order valence-electron chi connectivity index (χ1n) is 8.66. The van der Waals surface area contributed by atoms with Crippen LogP contribution in [0.1, 0.15) is 28.8 Å². The van der Waals surface area contributed by atoms with Crippen LogP contribution in [0.25, 0.3) is 0 Å². The number of aliphatic hydroxyl groups is 3. The number of primary amides is 1. The van der Waals surface area contributed by atoms with Crippen molar-refractivity contribution >= 4 is 23.2 Å². The van der Waals surface area contributed by atoms with E-state index in [0.717, 1.165) is 0 Å². The number of aliphatic hydroxyl groups excluding tert-OH is 2. The first-order chi connectivity index (χ1) is 13.1. The summed E-state index contributed by atoms with van der Waals surface area (Å²) in [6.07, 6.45) is 0.0254. The smallest absolute Gasteiger partial charge is 0.255 e. The third-order valence-corrected chi connectivity index (χ3v) is 5.98. The van der Waals surface area contributed by atoms with Gasteiger partial charge in [0, 0.05) is 23.6 Å². The summed E-state index contributed by atoms with van der Waals surface area (Å²) in [5.74, 6) is -6.51. The summed E-state index contributed by atoms with van der Waals surface area (Å²) in [5.41, 5.74) is 8.17. The Hall–Kier alpha value is -3.33. The number of fused-ring (bicyclic) bond motifs is 3. The highest BCUT2D eigenvalue weighted by molar-refractivity contribution is 6.24. The third-order valence-electron chi connectivity index (χ3n) is 5.98. The monoisotopic (exact) mass is 386 g/mol. The molecule has 0 aliphatic heterocycles. The lowest BCUT2D eigenvalue weighted by atomic mass is 9.60. The number of carbonyl (C=O) groups excluding carboxylic acids is 3. The topological polar surface area (TPSA) is 184 Å². The lowest BCUT2D eigenvalue weighted by Gasteiger charge is -2.45. The Labute approximate surface area is 158 Å². The lowest BCUT2D eigenvalue weighted by Crippen LogP contribution is -2.57. The molecule has 4 rings (SSSR count). The fourth-order valence-corrected chi connectivity index (χ4v) is 4.64. The zero-order valence-corrected chi connectivity index (χ0v) is 14.6. The number of phenolic OH excluding ortho intramolecular Hbond substituents is 1. The highest BCUT2D eigenvalue weighted by Gasteiger charge is 2.59. The molecule has 0 aromatic heterocycles. The van der Waals surface area contributed by atoms with Gasteiger partial charge >= 0.3 is 0 Å². The average Bonchev–Trinajstić information content (AvgIpc) is 2.61. The Morgan fingerprint density at radius 1 is 1.14 bits per heavy atom. The van der Waals surface area contributed by atoms with Gasteiger partial charge < -0.3 is 31.9 Å². The molecule has 146 valence electrons. The van der Waals surface area contributed by atoms with Crippen molar-refractivity contribution in [3.05, 3.63) is 45.9 Å². The normalized spacial score (nSPS) is 29.3. The van der Waals surface area contributed by atoms with E-state index >= 15 is 0 Å². The van der Waals surface area contributed by atoms with E-state index in [4.69, 9.17) is 11.5 Å². The molecule has 9 nitrogen and oxygen atoms in total. The molecule has 28 heavy (non-hydrogen) atoms. The molecule has 0 saturated heterocycles. The molecule has 0 saturated carbocycles. The van der Waals surface area contributed by atoms with E-state index in [-0.39, 0.29) is 36.1 Å². The van der Waals surface area contributed by atoms with E-state index < -0.39 is 52.0 Å². The predicted molar refractivity (Wildman–Crippen MR) is 95.2 cm³/mol. The number of carbonyl (C=O) groups is 3. The molecule has 3 atom stereocenters. The largest absolute Gasteiger partial charge is 0.511 e. The molecule has 1 amide bonds. The first-order valence-corrected chi connectivity index (χ1v) is 8.66. The van der Waals surface area contributed by atoms with Crippen LogP contribution >= 0.6 is 0 Å². The quantitative estimate of drug-likeness (QED) is 0.224.